The molecule has 0 aliphatic rings. The zero-order valence-corrected chi connectivity index (χ0v) is 12.3. The van der Waals surface area contributed by atoms with Crippen LogP contribution in [0.15, 0.2) is 24.3 Å². The maximum Gasteiger partial charge on any atom is 0.319 e. The average Bonchev–Trinajstić information content (AvgIpc) is 2.37. The SMILES string of the molecule is CC(C)(C)C(CC(=O)O)NC(=O)Nc1ccc(C#N)cc1. The molecule has 1 aromatic carbocycles. The third-order valence-electron chi connectivity index (χ3n) is 3.00. The normalized spacial score (nSPS) is 12.1. The summed E-state index contributed by atoms with van der Waals surface area (Å²) in [7, 11) is 0. The van der Waals surface area contributed by atoms with Gasteiger partial charge in [0.25, 0.3) is 0 Å². The van der Waals surface area contributed by atoms with E-state index in [2.05, 4.69) is 10.6 Å². The monoisotopic (exact) mass is 289 g/mol. The molecule has 1 unspecified atom stereocenters. The van der Waals surface area contributed by atoms with Crippen LogP contribution in [0.2, 0.25) is 0 Å². The van der Waals surface area contributed by atoms with Crippen LogP contribution in [0.3, 0.4) is 0 Å². The number of nitriles is 1. The van der Waals surface area contributed by atoms with Crippen LogP contribution in [0.25, 0.3) is 0 Å². The number of carbonyl (C=O) groups excluding carboxylic acids is 1. The fraction of sp³-hybridized carbons (Fsp3) is 0.400. The van der Waals surface area contributed by atoms with Gasteiger partial charge in [0.05, 0.1) is 18.1 Å². The van der Waals surface area contributed by atoms with Crippen LogP contribution < -0.4 is 10.6 Å². The molecule has 0 bridgehead atoms. The molecule has 0 spiro atoms. The number of anilines is 1. The van der Waals surface area contributed by atoms with Crippen LogP contribution in [0, 0.1) is 16.7 Å². The van der Waals surface area contributed by atoms with Crippen LogP contribution in [0.4, 0.5) is 10.5 Å². The molecule has 1 rings (SSSR count). The predicted molar refractivity (Wildman–Crippen MR) is 78.8 cm³/mol. The van der Waals surface area contributed by atoms with E-state index >= 15 is 0 Å². The summed E-state index contributed by atoms with van der Waals surface area (Å²) in [5.41, 5.74) is 0.661. The minimum Gasteiger partial charge on any atom is -0.481 e. The highest BCUT2D eigenvalue weighted by Gasteiger charge is 2.28. The number of carboxylic acid groups (broad SMARTS) is 1. The maximum absolute atomic E-state index is 11.9. The van der Waals surface area contributed by atoms with Gasteiger partial charge in [-0.3, -0.25) is 4.79 Å². The Bertz CT molecular complexity index is 553. The topological polar surface area (TPSA) is 102 Å². The highest BCUT2D eigenvalue weighted by Crippen LogP contribution is 2.22. The van der Waals surface area contributed by atoms with Crippen LogP contribution in [0.5, 0.6) is 0 Å². The number of nitrogens with zero attached hydrogens (tertiary/aromatic N) is 1. The van der Waals surface area contributed by atoms with E-state index in [-0.39, 0.29) is 11.8 Å². The first kappa shape index (κ1) is 16.5. The number of benzene rings is 1. The molecule has 0 saturated carbocycles. The summed E-state index contributed by atoms with van der Waals surface area (Å²) in [6.45, 7) is 5.59. The van der Waals surface area contributed by atoms with Crippen LogP contribution >= 0.6 is 0 Å². The van der Waals surface area contributed by atoms with E-state index < -0.39 is 18.0 Å². The van der Waals surface area contributed by atoms with Crippen molar-refractivity contribution in [3.05, 3.63) is 29.8 Å². The number of carbonyl (C=O) groups is 2. The molecule has 1 atom stereocenters. The fourth-order valence-electron chi connectivity index (χ4n) is 1.70. The average molecular weight is 289 g/mol. The predicted octanol–water partition coefficient (Wildman–Crippen LogP) is 2.57. The molecule has 1 aromatic rings. The molecule has 0 aromatic heterocycles. The van der Waals surface area contributed by atoms with E-state index in [1.807, 2.05) is 26.8 Å². The number of hydrogen-bond donors (Lipinski definition) is 3. The summed E-state index contributed by atoms with van der Waals surface area (Å²) >= 11 is 0. The molecule has 0 saturated heterocycles. The number of hydrogen-bond acceptors (Lipinski definition) is 3. The van der Waals surface area contributed by atoms with E-state index in [0.29, 0.717) is 11.3 Å². The smallest absolute Gasteiger partial charge is 0.319 e. The molecule has 21 heavy (non-hydrogen) atoms. The summed E-state index contributed by atoms with van der Waals surface area (Å²) < 4.78 is 0. The number of nitrogens with one attached hydrogen (secondary N) is 2. The van der Waals surface area contributed by atoms with Crippen molar-refractivity contribution in [1.29, 1.82) is 5.26 Å². The summed E-state index contributed by atoms with van der Waals surface area (Å²) in [6, 6.07) is 7.43. The fourth-order valence-corrected chi connectivity index (χ4v) is 1.70. The molecule has 0 radical (unpaired) electrons. The second-order valence-corrected chi connectivity index (χ2v) is 5.80. The van der Waals surface area contributed by atoms with E-state index in [0.717, 1.165) is 0 Å². The lowest BCUT2D eigenvalue weighted by atomic mass is 9.85. The number of amides is 2. The summed E-state index contributed by atoms with van der Waals surface area (Å²) in [5, 5.41) is 22.9. The van der Waals surface area contributed by atoms with Crippen molar-refractivity contribution in [2.24, 2.45) is 5.41 Å². The largest absolute Gasteiger partial charge is 0.481 e. The highest BCUT2D eigenvalue weighted by molar-refractivity contribution is 5.89. The van der Waals surface area contributed by atoms with Gasteiger partial charge < -0.3 is 15.7 Å². The van der Waals surface area contributed by atoms with Gasteiger partial charge >= 0.3 is 12.0 Å². The molecule has 3 N–H and O–H groups in total. The number of rotatable bonds is 4. The zero-order chi connectivity index (χ0) is 16.0. The highest BCUT2D eigenvalue weighted by atomic mass is 16.4. The van der Waals surface area contributed by atoms with Crippen molar-refractivity contribution in [2.45, 2.75) is 33.2 Å². The third-order valence-corrected chi connectivity index (χ3v) is 3.00. The first-order valence-electron chi connectivity index (χ1n) is 6.52. The molecule has 0 aliphatic carbocycles. The van der Waals surface area contributed by atoms with E-state index in [4.69, 9.17) is 10.4 Å². The minimum absolute atomic E-state index is 0.149. The van der Waals surface area contributed by atoms with Crippen molar-refractivity contribution < 1.29 is 14.7 Å². The Labute approximate surface area is 123 Å². The molecule has 2 amide bonds. The number of carboxylic acids is 1. The van der Waals surface area contributed by atoms with Gasteiger partial charge in [-0.05, 0) is 29.7 Å². The standard InChI is InChI=1S/C15H19N3O3/c1-15(2,3)12(8-13(19)20)18-14(21)17-11-6-4-10(9-16)5-7-11/h4-7,12H,8H2,1-3H3,(H,19,20)(H2,17,18,21). The van der Waals surface area contributed by atoms with Crippen molar-refractivity contribution in [1.82, 2.24) is 5.32 Å². The molecule has 6 heteroatoms. The van der Waals surface area contributed by atoms with Gasteiger partial charge in [0.15, 0.2) is 0 Å². The first-order chi connectivity index (χ1) is 9.72. The molecule has 6 nitrogen and oxygen atoms in total. The Morgan fingerprint density at radius 1 is 1.29 bits per heavy atom. The van der Waals surface area contributed by atoms with Crippen molar-refractivity contribution in [3.8, 4) is 6.07 Å². The Morgan fingerprint density at radius 3 is 2.29 bits per heavy atom. The van der Waals surface area contributed by atoms with Crippen LogP contribution in [-0.2, 0) is 4.79 Å². The summed E-state index contributed by atoms with van der Waals surface area (Å²) in [5.74, 6) is -0.964. The molecule has 112 valence electrons. The lowest BCUT2D eigenvalue weighted by Crippen LogP contribution is -2.46. The Balaban J connectivity index is 2.69. The summed E-state index contributed by atoms with van der Waals surface area (Å²) in [4.78, 5) is 22.8. The molecule has 0 heterocycles. The van der Waals surface area contributed by atoms with Gasteiger partial charge in [-0.25, -0.2) is 4.79 Å². The minimum atomic E-state index is -0.964. The molecule has 0 fully saturated rings. The maximum atomic E-state index is 11.9. The van der Waals surface area contributed by atoms with Crippen molar-refractivity contribution in [3.63, 3.8) is 0 Å². The molecular formula is C15H19N3O3. The van der Waals surface area contributed by atoms with Gasteiger partial charge in [-0.1, -0.05) is 20.8 Å². The summed E-state index contributed by atoms with van der Waals surface area (Å²) in [6.07, 6.45) is -0.149. The Kier molecular flexibility index (Phi) is 5.30. The molecular weight excluding hydrogens is 270 g/mol. The Hall–Kier alpha value is -2.55. The Morgan fingerprint density at radius 2 is 1.86 bits per heavy atom. The molecule has 0 aliphatic heterocycles. The number of urea groups is 1. The van der Waals surface area contributed by atoms with Gasteiger partial charge in [0.1, 0.15) is 0 Å². The van der Waals surface area contributed by atoms with Crippen molar-refractivity contribution in [2.75, 3.05) is 5.32 Å². The van der Waals surface area contributed by atoms with E-state index in [1.54, 1.807) is 24.3 Å². The second kappa shape index (κ2) is 6.75. The second-order valence-electron chi connectivity index (χ2n) is 5.80. The van der Waals surface area contributed by atoms with Gasteiger partial charge in [0, 0.05) is 11.7 Å². The first-order valence-corrected chi connectivity index (χ1v) is 6.52. The van der Waals surface area contributed by atoms with Gasteiger partial charge in [-0.2, -0.15) is 5.26 Å². The van der Waals surface area contributed by atoms with Crippen LogP contribution in [0.1, 0.15) is 32.8 Å². The van der Waals surface area contributed by atoms with Gasteiger partial charge in [0.2, 0.25) is 0 Å². The van der Waals surface area contributed by atoms with E-state index in [9.17, 15) is 9.59 Å². The number of aliphatic carboxylic acids is 1. The quantitative estimate of drug-likeness (QED) is 0.792. The van der Waals surface area contributed by atoms with Gasteiger partial charge in [-0.15, -0.1) is 0 Å². The van der Waals surface area contributed by atoms with Crippen molar-refractivity contribution >= 4 is 17.7 Å². The van der Waals surface area contributed by atoms with E-state index in [1.165, 1.54) is 0 Å². The third kappa shape index (κ3) is 5.53. The zero-order valence-electron chi connectivity index (χ0n) is 12.3. The van der Waals surface area contributed by atoms with Crippen LogP contribution in [-0.4, -0.2) is 23.1 Å². The lowest BCUT2D eigenvalue weighted by molar-refractivity contribution is -0.138. The lowest BCUT2D eigenvalue weighted by Gasteiger charge is -2.30.